The monoisotopic (exact) mass is 378 g/mol. The Morgan fingerprint density at radius 2 is 2.04 bits per heavy atom. The number of carbonyl (C=O) groups excluding carboxylic acids is 1. The lowest BCUT2D eigenvalue weighted by atomic mass is 10.2. The van der Waals surface area contributed by atoms with E-state index in [0.717, 1.165) is 20.9 Å². The van der Waals surface area contributed by atoms with E-state index in [1.54, 1.807) is 22.9 Å². The third kappa shape index (κ3) is 3.29. The van der Waals surface area contributed by atoms with Crippen LogP contribution in [-0.4, -0.2) is 25.8 Å². The SMILES string of the molecule is CCn1nc(C(=O)Nc2ccc(-c3nc4ccccc4s3)c(O)c2)cc1C. The van der Waals surface area contributed by atoms with Crippen molar-refractivity contribution in [2.24, 2.45) is 0 Å². The molecule has 0 atom stereocenters. The summed E-state index contributed by atoms with van der Waals surface area (Å²) >= 11 is 1.52. The molecular formula is C20H18N4O2S. The minimum Gasteiger partial charge on any atom is -0.507 e. The van der Waals surface area contributed by atoms with Gasteiger partial charge >= 0.3 is 0 Å². The smallest absolute Gasteiger partial charge is 0.276 e. The summed E-state index contributed by atoms with van der Waals surface area (Å²) in [6, 6.07) is 14.6. The summed E-state index contributed by atoms with van der Waals surface area (Å²) in [5.41, 5.74) is 3.32. The van der Waals surface area contributed by atoms with Gasteiger partial charge in [0.15, 0.2) is 5.69 Å². The summed E-state index contributed by atoms with van der Waals surface area (Å²) in [5, 5.41) is 18.2. The number of para-hydroxylation sites is 1. The van der Waals surface area contributed by atoms with E-state index in [1.807, 2.05) is 38.1 Å². The summed E-state index contributed by atoms with van der Waals surface area (Å²) in [4.78, 5) is 17.0. The van der Waals surface area contributed by atoms with E-state index >= 15 is 0 Å². The normalized spacial score (nSPS) is 11.0. The Hall–Kier alpha value is -3.19. The fraction of sp³-hybridized carbons (Fsp3) is 0.150. The molecule has 0 radical (unpaired) electrons. The Bertz CT molecular complexity index is 1110. The van der Waals surface area contributed by atoms with Gasteiger partial charge in [-0.25, -0.2) is 4.98 Å². The highest BCUT2D eigenvalue weighted by molar-refractivity contribution is 7.21. The number of phenols is 1. The second-order valence-electron chi connectivity index (χ2n) is 6.16. The first-order valence-corrected chi connectivity index (χ1v) is 9.41. The molecule has 0 unspecified atom stereocenters. The highest BCUT2D eigenvalue weighted by Crippen LogP contribution is 2.36. The van der Waals surface area contributed by atoms with Crippen LogP contribution in [0.25, 0.3) is 20.8 Å². The van der Waals surface area contributed by atoms with Gasteiger partial charge in [-0.15, -0.1) is 11.3 Å². The second-order valence-corrected chi connectivity index (χ2v) is 7.19. The van der Waals surface area contributed by atoms with Crippen LogP contribution in [0.3, 0.4) is 0 Å². The zero-order valence-corrected chi connectivity index (χ0v) is 15.7. The van der Waals surface area contributed by atoms with Crippen molar-refractivity contribution in [1.82, 2.24) is 14.8 Å². The number of aromatic nitrogens is 3. The zero-order chi connectivity index (χ0) is 19.0. The van der Waals surface area contributed by atoms with Crippen LogP contribution in [0.15, 0.2) is 48.5 Å². The summed E-state index contributed by atoms with van der Waals surface area (Å²) in [7, 11) is 0. The average molecular weight is 378 g/mol. The average Bonchev–Trinajstić information content (AvgIpc) is 3.24. The number of nitrogens with zero attached hydrogens (tertiary/aromatic N) is 3. The zero-order valence-electron chi connectivity index (χ0n) is 14.9. The second kappa shape index (κ2) is 6.85. The van der Waals surface area contributed by atoms with E-state index in [4.69, 9.17) is 0 Å². The molecule has 136 valence electrons. The summed E-state index contributed by atoms with van der Waals surface area (Å²) in [6.07, 6.45) is 0. The third-order valence-electron chi connectivity index (χ3n) is 4.29. The van der Waals surface area contributed by atoms with Crippen molar-refractivity contribution < 1.29 is 9.90 Å². The number of nitrogens with one attached hydrogen (secondary N) is 1. The van der Waals surface area contributed by atoms with Crippen molar-refractivity contribution in [3.63, 3.8) is 0 Å². The maximum atomic E-state index is 12.4. The number of rotatable bonds is 4. The molecule has 0 saturated carbocycles. The van der Waals surface area contributed by atoms with Crippen LogP contribution in [0.4, 0.5) is 5.69 Å². The highest BCUT2D eigenvalue weighted by atomic mass is 32.1. The third-order valence-corrected chi connectivity index (χ3v) is 5.36. The molecule has 2 aromatic carbocycles. The maximum Gasteiger partial charge on any atom is 0.276 e. The van der Waals surface area contributed by atoms with Crippen LogP contribution in [0.2, 0.25) is 0 Å². The quantitative estimate of drug-likeness (QED) is 0.550. The van der Waals surface area contributed by atoms with Crippen molar-refractivity contribution in [2.75, 3.05) is 5.32 Å². The molecular weight excluding hydrogens is 360 g/mol. The maximum absolute atomic E-state index is 12.4. The Morgan fingerprint density at radius 1 is 1.22 bits per heavy atom. The lowest BCUT2D eigenvalue weighted by Crippen LogP contribution is -2.13. The van der Waals surface area contributed by atoms with Crippen LogP contribution >= 0.6 is 11.3 Å². The number of fused-ring (bicyclic) bond motifs is 1. The molecule has 4 aromatic rings. The van der Waals surface area contributed by atoms with Crippen LogP contribution in [0.1, 0.15) is 23.1 Å². The fourth-order valence-corrected chi connectivity index (χ4v) is 3.91. The van der Waals surface area contributed by atoms with Crippen molar-refractivity contribution in [2.45, 2.75) is 20.4 Å². The van der Waals surface area contributed by atoms with Gasteiger partial charge in [0.2, 0.25) is 0 Å². The van der Waals surface area contributed by atoms with Gasteiger partial charge in [0.25, 0.3) is 5.91 Å². The van der Waals surface area contributed by atoms with E-state index in [0.29, 0.717) is 23.5 Å². The predicted molar refractivity (Wildman–Crippen MR) is 107 cm³/mol. The molecule has 0 aliphatic heterocycles. The van der Waals surface area contributed by atoms with Crippen LogP contribution in [0.5, 0.6) is 5.75 Å². The Labute approximate surface area is 160 Å². The molecule has 1 amide bonds. The topological polar surface area (TPSA) is 80.0 Å². The number of phenolic OH excluding ortho intramolecular Hbond substituents is 1. The number of benzene rings is 2. The van der Waals surface area contributed by atoms with Crippen molar-refractivity contribution in [1.29, 1.82) is 0 Å². The van der Waals surface area contributed by atoms with Gasteiger partial charge in [0, 0.05) is 24.0 Å². The molecule has 0 saturated heterocycles. The number of hydrogen-bond acceptors (Lipinski definition) is 5. The number of anilines is 1. The minimum absolute atomic E-state index is 0.0714. The Balaban J connectivity index is 1.58. The van der Waals surface area contributed by atoms with Crippen LogP contribution in [-0.2, 0) is 6.54 Å². The first-order chi connectivity index (χ1) is 13.0. The molecule has 0 fully saturated rings. The first-order valence-electron chi connectivity index (χ1n) is 8.60. The molecule has 27 heavy (non-hydrogen) atoms. The number of aryl methyl sites for hydroxylation is 2. The molecule has 0 spiro atoms. The molecule has 0 aliphatic rings. The molecule has 6 nitrogen and oxygen atoms in total. The van der Waals surface area contributed by atoms with Gasteiger partial charge in [0.1, 0.15) is 10.8 Å². The molecule has 2 heterocycles. The number of carbonyl (C=O) groups is 1. The number of thiazole rings is 1. The standard InChI is InChI=1S/C20H18N4O2S/c1-3-24-12(2)10-16(23-24)19(26)21-13-8-9-14(17(25)11-13)20-22-15-6-4-5-7-18(15)27-20/h4-11,25H,3H2,1-2H3,(H,21,26). The largest absolute Gasteiger partial charge is 0.507 e. The molecule has 2 N–H and O–H groups in total. The summed E-state index contributed by atoms with van der Waals surface area (Å²) < 4.78 is 2.83. The van der Waals surface area contributed by atoms with E-state index < -0.39 is 0 Å². The van der Waals surface area contributed by atoms with Gasteiger partial charge in [-0.2, -0.15) is 5.10 Å². The highest BCUT2D eigenvalue weighted by Gasteiger charge is 2.14. The summed E-state index contributed by atoms with van der Waals surface area (Å²) in [5.74, 6) is -0.237. The minimum atomic E-state index is -0.308. The van der Waals surface area contributed by atoms with Gasteiger partial charge in [-0.3, -0.25) is 9.48 Å². The Kier molecular flexibility index (Phi) is 4.37. The molecule has 4 rings (SSSR count). The molecule has 0 aliphatic carbocycles. The lowest BCUT2D eigenvalue weighted by molar-refractivity contribution is 0.102. The first kappa shape index (κ1) is 17.2. The predicted octanol–water partition coefficient (Wildman–Crippen LogP) is 4.45. The van der Waals surface area contributed by atoms with E-state index in [-0.39, 0.29) is 11.7 Å². The summed E-state index contributed by atoms with van der Waals surface area (Å²) in [6.45, 7) is 4.59. The number of aromatic hydroxyl groups is 1. The molecule has 7 heteroatoms. The van der Waals surface area contributed by atoms with Gasteiger partial charge in [-0.1, -0.05) is 12.1 Å². The van der Waals surface area contributed by atoms with Gasteiger partial charge in [0.05, 0.1) is 15.8 Å². The van der Waals surface area contributed by atoms with E-state index in [9.17, 15) is 9.90 Å². The van der Waals surface area contributed by atoms with Gasteiger partial charge < -0.3 is 10.4 Å². The van der Waals surface area contributed by atoms with Gasteiger partial charge in [-0.05, 0) is 44.2 Å². The van der Waals surface area contributed by atoms with E-state index in [2.05, 4.69) is 15.4 Å². The van der Waals surface area contributed by atoms with E-state index in [1.165, 1.54) is 17.4 Å². The fourth-order valence-electron chi connectivity index (χ4n) is 2.91. The Morgan fingerprint density at radius 3 is 2.74 bits per heavy atom. The lowest BCUT2D eigenvalue weighted by Gasteiger charge is -2.06. The molecule has 0 bridgehead atoms. The van der Waals surface area contributed by atoms with Crippen LogP contribution < -0.4 is 5.32 Å². The van der Waals surface area contributed by atoms with Crippen molar-refractivity contribution in [3.8, 4) is 16.3 Å². The van der Waals surface area contributed by atoms with Crippen molar-refractivity contribution in [3.05, 3.63) is 59.9 Å². The number of hydrogen-bond donors (Lipinski definition) is 2. The van der Waals surface area contributed by atoms with Crippen LogP contribution in [0, 0.1) is 6.92 Å². The molecule has 2 aromatic heterocycles. The van der Waals surface area contributed by atoms with Crippen molar-refractivity contribution >= 4 is 33.1 Å². The number of amides is 1.